The summed E-state index contributed by atoms with van der Waals surface area (Å²) in [5.41, 5.74) is 0. The van der Waals surface area contributed by atoms with Crippen LogP contribution < -0.4 is 10.6 Å². The van der Waals surface area contributed by atoms with Gasteiger partial charge in [-0.3, -0.25) is 9.59 Å². The second-order valence-electron chi connectivity index (χ2n) is 7.06. The highest BCUT2D eigenvalue weighted by Gasteiger charge is 2.27. The van der Waals surface area contributed by atoms with Crippen molar-refractivity contribution in [3.8, 4) is 0 Å². The minimum atomic E-state index is -0.0604. The topological polar surface area (TPSA) is 67.4 Å². The van der Waals surface area contributed by atoms with Gasteiger partial charge in [0.05, 0.1) is 6.10 Å². The second-order valence-corrected chi connectivity index (χ2v) is 7.06. The normalized spacial score (nSPS) is 24.5. The van der Waals surface area contributed by atoms with Gasteiger partial charge in [0.25, 0.3) is 0 Å². The third-order valence-corrected chi connectivity index (χ3v) is 4.73. The van der Waals surface area contributed by atoms with Gasteiger partial charge in [-0.25, -0.2) is 0 Å². The quantitative estimate of drug-likeness (QED) is 0.640. The van der Waals surface area contributed by atoms with Crippen LogP contribution in [-0.2, 0) is 14.3 Å². The summed E-state index contributed by atoms with van der Waals surface area (Å²) in [5, 5.41) is 5.94. The smallest absolute Gasteiger partial charge is 0.220 e. The Balaban J connectivity index is 2.11. The van der Waals surface area contributed by atoms with E-state index in [9.17, 15) is 9.59 Å². The zero-order chi connectivity index (χ0) is 17.2. The molecule has 2 N–H and O–H groups in total. The molecule has 2 amide bonds. The van der Waals surface area contributed by atoms with Crippen LogP contribution in [0.25, 0.3) is 0 Å². The average molecular weight is 326 g/mol. The Morgan fingerprint density at radius 3 is 2.52 bits per heavy atom. The lowest BCUT2D eigenvalue weighted by atomic mass is 9.78. The SMILES string of the molecule is CC(C)OCCCNC(=O)CCC(=O)N[C@@H]1CCC[C@@H](C)[C@@H]1C. The van der Waals surface area contributed by atoms with Gasteiger partial charge in [0.1, 0.15) is 0 Å². The minimum absolute atomic E-state index is 0.00533. The Morgan fingerprint density at radius 1 is 1.13 bits per heavy atom. The Kier molecular flexibility index (Phi) is 9.22. The summed E-state index contributed by atoms with van der Waals surface area (Å²) in [7, 11) is 0. The van der Waals surface area contributed by atoms with Crippen molar-refractivity contribution in [2.24, 2.45) is 11.8 Å². The first kappa shape index (κ1) is 19.9. The van der Waals surface area contributed by atoms with Gasteiger partial charge in [-0.15, -0.1) is 0 Å². The van der Waals surface area contributed by atoms with E-state index >= 15 is 0 Å². The molecule has 5 nitrogen and oxygen atoms in total. The van der Waals surface area contributed by atoms with E-state index in [1.54, 1.807) is 0 Å². The molecule has 0 saturated heterocycles. The Morgan fingerprint density at radius 2 is 1.83 bits per heavy atom. The van der Waals surface area contributed by atoms with E-state index < -0.39 is 0 Å². The van der Waals surface area contributed by atoms with E-state index in [0.29, 0.717) is 25.0 Å². The first-order valence-corrected chi connectivity index (χ1v) is 9.07. The molecule has 0 aliphatic heterocycles. The molecule has 3 atom stereocenters. The summed E-state index contributed by atoms with van der Waals surface area (Å²) in [6, 6.07) is 0.266. The largest absolute Gasteiger partial charge is 0.379 e. The van der Waals surface area contributed by atoms with Crippen molar-refractivity contribution in [1.29, 1.82) is 0 Å². The number of carbonyl (C=O) groups excluding carboxylic acids is 2. The summed E-state index contributed by atoms with van der Waals surface area (Å²) in [6.45, 7) is 9.69. The van der Waals surface area contributed by atoms with Crippen molar-refractivity contribution < 1.29 is 14.3 Å². The van der Waals surface area contributed by atoms with Crippen LogP contribution >= 0.6 is 0 Å². The minimum Gasteiger partial charge on any atom is -0.379 e. The predicted molar refractivity (Wildman–Crippen MR) is 92.1 cm³/mol. The van der Waals surface area contributed by atoms with Crippen molar-refractivity contribution in [3.63, 3.8) is 0 Å². The van der Waals surface area contributed by atoms with Crippen molar-refractivity contribution in [2.75, 3.05) is 13.2 Å². The number of carbonyl (C=O) groups is 2. The Hall–Kier alpha value is -1.10. The molecule has 0 spiro atoms. The first-order valence-electron chi connectivity index (χ1n) is 9.07. The summed E-state index contributed by atoms with van der Waals surface area (Å²) in [5.74, 6) is 1.11. The summed E-state index contributed by atoms with van der Waals surface area (Å²) in [4.78, 5) is 23.7. The van der Waals surface area contributed by atoms with E-state index in [2.05, 4.69) is 24.5 Å². The fraction of sp³-hybridized carbons (Fsp3) is 0.889. The zero-order valence-corrected chi connectivity index (χ0v) is 15.2. The highest BCUT2D eigenvalue weighted by Crippen LogP contribution is 2.29. The predicted octanol–water partition coefficient (Wildman–Crippen LogP) is 2.64. The van der Waals surface area contributed by atoms with Crippen LogP contribution in [0, 0.1) is 11.8 Å². The fourth-order valence-electron chi connectivity index (χ4n) is 3.00. The van der Waals surface area contributed by atoms with Gasteiger partial charge >= 0.3 is 0 Å². The number of amides is 2. The van der Waals surface area contributed by atoms with Gasteiger partial charge in [0.2, 0.25) is 11.8 Å². The lowest BCUT2D eigenvalue weighted by Gasteiger charge is -2.34. The first-order chi connectivity index (χ1) is 10.9. The maximum Gasteiger partial charge on any atom is 0.220 e. The molecule has 0 aromatic carbocycles. The van der Waals surface area contributed by atoms with Crippen LogP contribution in [0.1, 0.15) is 66.2 Å². The van der Waals surface area contributed by atoms with Crippen LogP contribution in [0.4, 0.5) is 0 Å². The molecule has 134 valence electrons. The van der Waals surface area contributed by atoms with Crippen molar-refractivity contribution in [3.05, 3.63) is 0 Å². The number of hydrogen-bond donors (Lipinski definition) is 2. The number of rotatable bonds is 9. The lowest BCUT2D eigenvalue weighted by molar-refractivity contribution is -0.127. The molecule has 0 aromatic rings. The molecule has 0 aromatic heterocycles. The summed E-state index contributed by atoms with van der Waals surface area (Å²) in [6.07, 6.45) is 5.03. The third-order valence-electron chi connectivity index (χ3n) is 4.73. The second kappa shape index (κ2) is 10.6. The van der Waals surface area contributed by atoms with E-state index in [1.165, 1.54) is 12.8 Å². The molecule has 1 aliphatic carbocycles. The van der Waals surface area contributed by atoms with E-state index in [1.807, 2.05) is 13.8 Å². The van der Waals surface area contributed by atoms with Gasteiger partial charge < -0.3 is 15.4 Å². The maximum atomic E-state index is 12.0. The summed E-state index contributed by atoms with van der Waals surface area (Å²) >= 11 is 0. The molecule has 0 heterocycles. The zero-order valence-electron chi connectivity index (χ0n) is 15.2. The Bertz CT molecular complexity index is 371. The molecule has 0 radical (unpaired) electrons. The summed E-state index contributed by atoms with van der Waals surface area (Å²) < 4.78 is 5.41. The van der Waals surface area contributed by atoms with Gasteiger partial charge in [-0.1, -0.05) is 26.7 Å². The molecule has 23 heavy (non-hydrogen) atoms. The molecule has 0 bridgehead atoms. The van der Waals surface area contributed by atoms with E-state index in [0.717, 1.165) is 12.8 Å². The average Bonchev–Trinajstić information content (AvgIpc) is 2.49. The number of hydrogen-bond acceptors (Lipinski definition) is 3. The molecular formula is C18H34N2O3. The van der Waals surface area contributed by atoms with Crippen LogP contribution in [0.3, 0.4) is 0 Å². The molecule has 1 fully saturated rings. The fourth-order valence-corrected chi connectivity index (χ4v) is 3.00. The highest BCUT2D eigenvalue weighted by molar-refractivity contribution is 5.83. The Labute approximate surface area is 140 Å². The van der Waals surface area contributed by atoms with Crippen molar-refractivity contribution in [2.45, 2.75) is 78.4 Å². The van der Waals surface area contributed by atoms with Crippen LogP contribution in [0.5, 0.6) is 0 Å². The van der Waals surface area contributed by atoms with Gasteiger partial charge in [-0.2, -0.15) is 0 Å². The highest BCUT2D eigenvalue weighted by atomic mass is 16.5. The van der Waals surface area contributed by atoms with Crippen molar-refractivity contribution in [1.82, 2.24) is 10.6 Å². The van der Waals surface area contributed by atoms with Crippen LogP contribution in [0.2, 0.25) is 0 Å². The van der Waals surface area contributed by atoms with E-state index in [-0.39, 0.29) is 36.8 Å². The molecular weight excluding hydrogens is 292 g/mol. The molecule has 0 unspecified atom stereocenters. The van der Waals surface area contributed by atoms with Crippen LogP contribution in [-0.4, -0.2) is 37.1 Å². The van der Waals surface area contributed by atoms with Gasteiger partial charge in [0.15, 0.2) is 0 Å². The molecule has 1 saturated carbocycles. The molecule has 1 aliphatic rings. The van der Waals surface area contributed by atoms with Crippen LogP contribution in [0.15, 0.2) is 0 Å². The van der Waals surface area contributed by atoms with Gasteiger partial charge in [-0.05, 0) is 38.5 Å². The molecule has 1 rings (SSSR count). The third kappa shape index (κ3) is 8.35. The van der Waals surface area contributed by atoms with E-state index in [4.69, 9.17) is 4.74 Å². The monoisotopic (exact) mass is 326 g/mol. The standard InChI is InChI=1S/C18H34N2O3/c1-13(2)23-12-6-11-19-17(21)9-10-18(22)20-16-8-5-7-14(3)15(16)4/h13-16H,5-12H2,1-4H3,(H,19,21)(H,20,22)/t14-,15+,16-/m1/s1. The lowest BCUT2D eigenvalue weighted by Crippen LogP contribution is -2.43. The number of ether oxygens (including phenoxy) is 1. The maximum absolute atomic E-state index is 12.0. The van der Waals surface area contributed by atoms with Gasteiger partial charge in [0, 0.05) is 32.0 Å². The van der Waals surface area contributed by atoms with Crippen molar-refractivity contribution >= 4 is 11.8 Å². The number of nitrogens with one attached hydrogen (secondary N) is 2. The molecule has 5 heteroatoms.